The van der Waals surface area contributed by atoms with E-state index in [-0.39, 0.29) is 30.6 Å². The lowest BCUT2D eigenvalue weighted by Crippen LogP contribution is -2.48. The van der Waals surface area contributed by atoms with E-state index in [2.05, 4.69) is 5.32 Å². The highest BCUT2D eigenvalue weighted by molar-refractivity contribution is 6.31. The van der Waals surface area contributed by atoms with Crippen molar-refractivity contribution < 1.29 is 9.53 Å². The van der Waals surface area contributed by atoms with Crippen LogP contribution in [0.3, 0.4) is 0 Å². The highest BCUT2D eigenvalue weighted by Gasteiger charge is 2.35. The third kappa shape index (κ3) is 3.31. The van der Waals surface area contributed by atoms with Crippen LogP contribution in [0.25, 0.3) is 0 Å². The summed E-state index contributed by atoms with van der Waals surface area (Å²) in [5.41, 5.74) is 0.983. The number of hydrogen-bond donors (Lipinski definition) is 1. The quantitative estimate of drug-likeness (QED) is 0.903. The number of morpholine rings is 1. The van der Waals surface area contributed by atoms with E-state index in [0.717, 1.165) is 12.0 Å². The first-order valence-corrected chi connectivity index (χ1v) is 7.59. The zero-order valence-electron chi connectivity index (χ0n) is 11.3. The van der Waals surface area contributed by atoms with Gasteiger partial charge in [-0.2, -0.15) is 0 Å². The van der Waals surface area contributed by atoms with Gasteiger partial charge in [0.1, 0.15) is 6.61 Å². The van der Waals surface area contributed by atoms with Gasteiger partial charge in [0.25, 0.3) is 0 Å². The fraction of sp³-hybridized carbons (Fsp3) is 0.312. The van der Waals surface area contributed by atoms with Gasteiger partial charge in [-0.25, -0.2) is 0 Å². The minimum atomic E-state index is -0.194. The summed E-state index contributed by atoms with van der Waals surface area (Å²) in [6, 6.07) is 7.27. The first-order chi connectivity index (χ1) is 10.1. The molecule has 1 aromatic carbocycles. The summed E-state index contributed by atoms with van der Waals surface area (Å²) < 4.78 is 5.79. The molecule has 1 amide bonds. The molecule has 0 saturated carbocycles. The van der Waals surface area contributed by atoms with Gasteiger partial charge < -0.3 is 10.1 Å². The molecule has 1 N–H and O–H groups in total. The number of halogens is 2. The highest BCUT2D eigenvalue weighted by atomic mass is 35.5. The molecule has 5 heteroatoms. The van der Waals surface area contributed by atoms with Crippen molar-refractivity contribution in [3.05, 3.63) is 58.1 Å². The molecule has 0 bridgehead atoms. The number of carbonyl (C=O) groups is 1. The molecule has 0 spiro atoms. The van der Waals surface area contributed by atoms with E-state index in [9.17, 15) is 4.79 Å². The van der Waals surface area contributed by atoms with Crippen LogP contribution in [0.5, 0.6) is 0 Å². The molecule has 0 radical (unpaired) electrons. The molecule has 1 aliphatic heterocycles. The predicted molar refractivity (Wildman–Crippen MR) is 83.3 cm³/mol. The fourth-order valence-corrected chi connectivity index (χ4v) is 3.15. The second kappa shape index (κ2) is 6.22. The van der Waals surface area contributed by atoms with Crippen LogP contribution in [0.15, 0.2) is 47.5 Å². The average molecular weight is 324 g/mol. The van der Waals surface area contributed by atoms with Crippen molar-refractivity contribution in [1.29, 1.82) is 0 Å². The predicted octanol–water partition coefficient (Wildman–Crippen LogP) is 3.59. The third-order valence-corrected chi connectivity index (χ3v) is 4.27. The molecule has 3 atom stereocenters. The molecule has 110 valence electrons. The monoisotopic (exact) mass is 323 g/mol. The van der Waals surface area contributed by atoms with Gasteiger partial charge in [0.05, 0.1) is 12.1 Å². The molecule has 1 fully saturated rings. The number of amides is 1. The lowest BCUT2D eigenvalue weighted by atomic mass is 9.86. The number of carbonyl (C=O) groups excluding carboxylic acids is 1. The Hall–Kier alpha value is -1.29. The van der Waals surface area contributed by atoms with E-state index in [1.807, 2.05) is 42.5 Å². The Morgan fingerprint density at radius 1 is 1.19 bits per heavy atom. The Labute approximate surface area is 133 Å². The molecule has 3 nitrogen and oxygen atoms in total. The van der Waals surface area contributed by atoms with Gasteiger partial charge in [-0.05, 0) is 30.2 Å². The zero-order valence-corrected chi connectivity index (χ0v) is 12.8. The summed E-state index contributed by atoms with van der Waals surface area (Å²) in [5.74, 6) is 0.0383. The largest absolute Gasteiger partial charge is 0.365 e. The van der Waals surface area contributed by atoms with Crippen LogP contribution in [0.1, 0.15) is 18.0 Å². The number of ether oxygens (including phenoxy) is 1. The van der Waals surface area contributed by atoms with Crippen molar-refractivity contribution >= 4 is 29.1 Å². The number of allylic oxidation sites excluding steroid dienone is 3. The topological polar surface area (TPSA) is 38.3 Å². The van der Waals surface area contributed by atoms with E-state index >= 15 is 0 Å². The fourth-order valence-electron chi connectivity index (χ4n) is 2.77. The van der Waals surface area contributed by atoms with Crippen LogP contribution < -0.4 is 5.32 Å². The van der Waals surface area contributed by atoms with Crippen LogP contribution in [-0.2, 0) is 9.53 Å². The molecule has 21 heavy (non-hydrogen) atoms. The molecule has 1 saturated heterocycles. The second-order valence-corrected chi connectivity index (χ2v) is 6.10. The zero-order chi connectivity index (χ0) is 14.8. The Morgan fingerprint density at radius 3 is 2.67 bits per heavy atom. The summed E-state index contributed by atoms with van der Waals surface area (Å²) in [5, 5.41) is 4.39. The SMILES string of the molecule is O=C1COC(C2C=C(Cl)C=CC2)C(c2ccc(Cl)cc2)N1. The summed E-state index contributed by atoms with van der Waals surface area (Å²) >= 11 is 12.0. The van der Waals surface area contributed by atoms with Crippen LogP contribution in [0, 0.1) is 5.92 Å². The normalized spacial score (nSPS) is 29.0. The molecule has 1 aromatic rings. The van der Waals surface area contributed by atoms with Crippen molar-refractivity contribution in [2.75, 3.05) is 6.61 Å². The average Bonchev–Trinajstić information content (AvgIpc) is 2.48. The number of hydrogen-bond acceptors (Lipinski definition) is 2. The Morgan fingerprint density at radius 2 is 1.95 bits per heavy atom. The molecule has 3 unspecified atom stereocenters. The maximum Gasteiger partial charge on any atom is 0.246 e. The number of nitrogens with one attached hydrogen (secondary N) is 1. The van der Waals surface area contributed by atoms with Gasteiger partial charge >= 0.3 is 0 Å². The van der Waals surface area contributed by atoms with Crippen molar-refractivity contribution in [3.8, 4) is 0 Å². The minimum absolute atomic E-state index is 0.0838. The molecule has 1 heterocycles. The highest BCUT2D eigenvalue weighted by Crippen LogP contribution is 2.33. The Balaban J connectivity index is 1.88. The van der Waals surface area contributed by atoms with Gasteiger partial charge in [-0.3, -0.25) is 4.79 Å². The summed E-state index contributed by atoms with van der Waals surface area (Å²) in [6.07, 6.45) is 6.62. The van der Waals surface area contributed by atoms with E-state index in [1.165, 1.54) is 0 Å². The van der Waals surface area contributed by atoms with Gasteiger partial charge in [0, 0.05) is 16.0 Å². The van der Waals surface area contributed by atoms with E-state index in [0.29, 0.717) is 10.1 Å². The first kappa shape index (κ1) is 14.6. The lowest BCUT2D eigenvalue weighted by molar-refractivity contribution is -0.139. The summed E-state index contributed by atoms with van der Waals surface area (Å²) in [7, 11) is 0. The molecule has 1 aliphatic carbocycles. The van der Waals surface area contributed by atoms with E-state index < -0.39 is 0 Å². The van der Waals surface area contributed by atoms with Gasteiger partial charge in [0.15, 0.2) is 0 Å². The maximum atomic E-state index is 11.7. The standard InChI is InChI=1S/C16H15Cl2NO2/c17-12-6-4-10(5-7-12)15-16(21-9-14(20)19-15)11-2-1-3-13(18)8-11/h1,3-8,11,15-16H,2,9H2,(H,19,20). The van der Waals surface area contributed by atoms with Gasteiger partial charge in [-0.15, -0.1) is 0 Å². The first-order valence-electron chi connectivity index (χ1n) is 6.84. The van der Waals surface area contributed by atoms with Crippen LogP contribution in [0.2, 0.25) is 5.02 Å². The van der Waals surface area contributed by atoms with Crippen LogP contribution in [-0.4, -0.2) is 18.6 Å². The molecule has 3 rings (SSSR count). The van der Waals surface area contributed by atoms with Crippen LogP contribution >= 0.6 is 23.2 Å². The Kier molecular flexibility index (Phi) is 4.34. The second-order valence-electron chi connectivity index (χ2n) is 5.23. The molecule has 2 aliphatic rings. The molecular weight excluding hydrogens is 309 g/mol. The van der Waals surface area contributed by atoms with Gasteiger partial charge in [0.2, 0.25) is 5.91 Å². The minimum Gasteiger partial charge on any atom is -0.365 e. The third-order valence-electron chi connectivity index (χ3n) is 3.76. The van der Waals surface area contributed by atoms with Gasteiger partial charge in [-0.1, -0.05) is 47.5 Å². The Bertz CT molecular complexity index is 595. The summed E-state index contributed by atoms with van der Waals surface area (Å²) in [6.45, 7) is 0.0838. The summed E-state index contributed by atoms with van der Waals surface area (Å²) in [4.78, 5) is 11.7. The van der Waals surface area contributed by atoms with E-state index in [1.54, 1.807) is 0 Å². The van der Waals surface area contributed by atoms with Crippen LogP contribution in [0.4, 0.5) is 0 Å². The molecular formula is C16H15Cl2NO2. The number of rotatable bonds is 2. The van der Waals surface area contributed by atoms with Crippen molar-refractivity contribution in [2.45, 2.75) is 18.6 Å². The number of benzene rings is 1. The molecule has 0 aromatic heterocycles. The smallest absolute Gasteiger partial charge is 0.246 e. The van der Waals surface area contributed by atoms with E-state index in [4.69, 9.17) is 27.9 Å². The van der Waals surface area contributed by atoms with Crippen molar-refractivity contribution in [1.82, 2.24) is 5.32 Å². The van der Waals surface area contributed by atoms with Crippen molar-refractivity contribution in [2.24, 2.45) is 5.92 Å². The maximum absolute atomic E-state index is 11.7. The lowest BCUT2D eigenvalue weighted by Gasteiger charge is -2.37. The van der Waals surface area contributed by atoms with Crippen molar-refractivity contribution in [3.63, 3.8) is 0 Å².